The highest BCUT2D eigenvalue weighted by molar-refractivity contribution is 7.90. The van der Waals surface area contributed by atoms with Crippen LogP contribution in [0, 0.1) is 5.82 Å². The quantitative estimate of drug-likeness (QED) is 0.793. The first-order chi connectivity index (χ1) is 9.38. The summed E-state index contributed by atoms with van der Waals surface area (Å²) < 4.78 is 70.1. The number of benzene rings is 1. The number of rotatable bonds is 5. The van der Waals surface area contributed by atoms with E-state index in [2.05, 4.69) is 9.72 Å². The smallest absolute Gasteiger partial charge is 0.387 e. The lowest BCUT2D eigenvalue weighted by atomic mass is 10.3. The average molecular weight is 307 g/mol. The maximum absolute atomic E-state index is 13.2. The molecule has 1 aromatic heterocycles. The molecular weight excluding hydrogens is 299 g/mol. The Balaban J connectivity index is 2.32. The molecule has 20 heavy (non-hydrogen) atoms. The number of alkyl halides is 2. The van der Waals surface area contributed by atoms with E-state index in [1.54, 1.807) is 0 Å². The third-order valence-corrected chi connectivity index (χ3v) is 3.93. The minimum Gasteiger partial charge on any atom is -0.447 e. The van der Waals surface area contributed by atoms with Crippen LogP contribution < -0.4 is 4.74 Å². The Morgan fingerprint density at radius 3 is 2.70 bits per heavy atom. The molecular formula is C11H8F3NO4S. The fourth-order valence-corrected chi connectivity index (χ4v) is 2.69. The van der Waals surface area contributed by atoms with E-state index in [0.717, 1.165) is 18.5 Å². The molecule has 0 saturated carbocycles. The molecule has 0 amide bonds. The Hall–Kier alpha value is -2.03. The van der Waals surface area contributed by atoms with Gasteiger partial charge in [0.15, 0.2) is 27.8 Å². The molecule has 0 aliphatic carbocycles. The summed E-state index contributed by atoms with van der Waals surface area (Å²) in [5, 5.41) is 0. The molecule has 0 unspecified atom stereocenters. The predicted molar refractivity (Wildman–Crippen MR) is 60.4 cm³/mol. The lowest BCUT2D eigenvalue weighted by Crippen LogP contribution is -2.08. The summed E-state index contributed by atoms with van der Waals surface area (Å²) in [7, 11) is -3.88. The summed E-state index contributed by atoms with van der Waals surface area (Å²) in [5.74, 6) is -2.36. The van der Waals surface area contributed by atoms with Gasteiger partial charge in [-0.25, -0.2) is 17.8 Å². The number of hydrogen-bond acceptors (Lipinski definition) is 5. The largest absolute Gasteiger partial charge is 0.447 e. The predicted octanol–water partition coefficient (Wildman–Crippen LogP) is 2.39. The lowest BCUT2D eigenvalue weighted by Gasteiger charge is -2.08. The van der Waals surface area contributed by atoms with Crippen molar-refractivity contribution >= 4 is 9.84 Å². The molecule has 0 aliphatic heterocycles. The van der Waals surface area contributed by atoms with Crippen molar-refractivity contribution < 1.29 is 30.7 Å². The van der Waals surface area contributed by atoms with Crippen LogP contribution in [0.2, 0.25) is 0 Å². The van der Waals surface area contributed by atoms with Gasteiger partial charge in [0.05, 0.1) is 11.1 Å². The first kappa shape index (κ1) is 14.4. The van der Waals surface area contributed by atoms with Gasteiger partial charge in [-0.3, -0.25) is 0 Å². The fraction of sp³-hybridized carbons (Fsp3) is 0.182. The Labute approximate surface area is 111 Å². The Kier molecular flexibility index (Phi) is 3.98. The van der Waals surface area contributed by atoms with Crippen molar-refractivity contribution in [2.75, 3.05) is 0 Å². The van der Waals surface area contributed by atoms with Crippen LogP contribution in [0.4, 0.5) is 13.2 Å². The van der Waals surface area contributed by atoms with E-state index in [4.69, 9.17) is 4.42 Å². The molecule has 9 heteroatoms. The van der Waals surface area contributed by atoms with Crippen molar-refractivity contribution in [1.82, 2.24) is 4.98 Å². The van der Waals surface area contributed by atoms with E-state index >= 15 is 0 Å². The molecule has 0 atom stereocenters. The van der Waals surface area contributed by atoms with Crippen molar-refractivity contribution in [2.24, 2.45) is 0 Å². The first-order valence-corrected chi connectivity index (χ1v) is 6.88. The molecule has 108 valence electrons. The monoisotopic (exact) mass is 307 g/mol. The molecule has 2 rings (SSSR count). The van der Waals surface area contributed by atoms with E-state index < -0.39 is 33.8 Å². The van der Waals surface area contributed by atoms with Gasteiger partial charge in [-0.1, -0.05) is 0 Å². The SMILES string of the molecule is O=S(=O)(Cc1cnco1)c1ccc(F)c(OC(F)F)c1. The molecule has 5 nitrogen and oxygen atoms in total. The molecule has 0 radical (unpaired) electrons. The third-order valence-electron chi connectivity index (χ3n) is 2.29. The van der Waals surface area contributed by atoms with E-state index in [9.17, 15) is 21.6 Å². The van der Waals surface area contributed by atoms with Crippen LogP contribution in [0.15, 0.2) is 40.1 Å². The maximum atomic E-state index is 13.2. The van der Waals surface area contributed by atoms with Gasteiger partial charge in [-0.2, -0.15) is 8.78 Å². The molecule has 1 heterocycles. The first-order valence-electron chi connectivity index (χ1n) is 5.23. The Bertz CT molecular complexity index is 686. The normalized spacial score (nSPS) is 11.8. The zero-order chi connectivity index (χ0) is 14.8. The minimum atomic E-state index is -3.88. The maximum Gasteiger partial charge on any atom is 0.387 e. The van der Waals surface area contributed by atoms with Gasteiger partial charge in [0.2, 0.25) is 0 Å². The van der Waals surface area contributed by atoms with Gasteiger partial charge in [0.1, 0.15) is 11.5 Å². The second-order valence-electron chi connectivity index (χ2n) is 3.70. The number of hydrogen-bond donors (Lipinski definition) is 0. The number of halogens is 3. The molecule has 0 bridgehead atoms. The molecule has 0 fully saturated rings. The van der Waals surface area contributed by atoms with Crippen molar-refractivity contribution in [1.29, 1.82) is 0 Å². The van der Waals surface area contributed by atoms with E-state index in [-0.39, 0.29) is 10.7 Å². The van der Waals surface area contributed by atoms with Crippen LogP contribution >= 0.6 is 0 Å². The van der Waals surface area contributed by atoms with Gasteiger partial charge < -0.3 is 9.15 Å². The van der Waals surface area contributed by atoms with Crippen LogP contribution in [0.25, 0.3) is 0 Å². The average Bonchev–Trinajstić information content (AvgIpc) is 2.83. The van der Waals surface area contributed by atoms with E-state index in [1.807, 2.05) is 0 Å². The third kappa shape index (κ3) is 3.29. The highest BCUT2D eigenvalue weighted by atomic mass is 32.2. The number of sulfone groups is 1. The highest BCUT2D eigenvalue weighted by Gasteiger charge is 2.20. The molecule has 0 N–H and O–H groups in total. The van der Waals surface area contributed by atoms with Crippen LogP contribution in [0.5, 0.6) is 5.75 Å². The zero-order valence-corrected chi connectivity index (χ0v) is 10.6. The molecule has 0 saturated heterocycles. The number of oxazole rings is 1. The molecule has 0 aliphatic rings. The summed E-state index contributed by atoms with van der Waals surface area (Å²) in [5.41, 5.74) is 0. The van der Waals surface area contributed by atoms with Gasteiger partial charge in [0.25, 0.3) is 0 Å². The van der Waals surface area contributed by atoms with Crippen molar-refractivity contribution in [3.63, 3.8) is 0 Å². The Morgan fingerprint density at radius 2 is 2.10 bits per heavy atom. The van der Waals surface area contributed by atoms with Crippen molar-refractivity contribution in [3.05, 3.63) is 42.4 Å². The van der Waals surface area contributed by atoms with Crippen LogP contribution in [0.3, 0.4) is 0 Å². The zero-order valence-electron chi connectivity index (χ0n) is 9.79. The summed E-state index contributed by atoms with van der Waals surface area (Å²) >= 11 is 0. The van der Waals surface area contributed by atoms with Gasteiger partial charge >= 0.3 is 6.61 Å². The second kappa shape index (κ2) is 5.53. The standard InChI is InChI=1S/C11H8F3NO4S/c12-9-2-1-8(3-10(9)19-11(13)14)20(16,17)5-7-4-15-6-18-7/h1-4,6,11H,5H2. The lowest BCUT2D eigenvalue weighted by molar-refractivity contribution is -0.0523. The summed E-state index contributed by atoms with van der Waals surface area (Å²) in [6.45, 7) is -3.25. The second-order valence-corrected chi connectivity index (χ2v) is 5.69. The van der Waals surface area contributed by atoms with E-state index in [0.29, 0.717) is 6.07 Å². The van der Waals surface area contributed by atoms with E-state index in [1.165, 1.54) is 6.20 Å². The Morgan fingerprint density at radius 1 is 1.35 bits per heavy atom. The molecule has 1 aromatic carbocycles. The molecule has 2 aromatic rings. The number of ether oxygens (including phenoxy) is 1. The molecule has 0 spiro atoms. The highest BCUT2D eigenvalue weighted by Crippen LogP contribution is 2.25. The van der Waals surface area contributed by atoms with Gasteiger partial charge in [0, 0.05) is 6.07 Å². The minimum absolute atomic E-state index is 0.0747. The number of nitrogens with zero attached hydrogens (tertiary/aromatic N) is 1. The summed E-state index contributed by atoms with van der Waals surface area (Å²) in [6.07, 6.45) is 2.26. The van der Waals surface area contributed by atoms with Crippen LogP contribution in [-0.2, 0) is 15.6 Å². The number of aromatic nitrogens is 1. The fourth-order valence-electron chi connectivity index (χ4n) is 1.45. The van der Waals surface area contributed by atoms with Crippen molar-refractivity contribution in [3.8, 4) is 5.75 Å². The van der Waals surface area contributed by atoms with Crippen LogP contribution in [0.1, 0.15) is 5.76 Å². The summed E-state index contributed by atoms with van der Waals surface area (Å²) in [4.78, 5) is 3.20. The summed E-state index contributed by atoms with van der Waals surface area (Å²) in [6, 6.07) is 2.40. The van der Waals surface area contributed by atoms with Gasteiger partial charge in [-0.15, -0.1) is 0 Å². The topological polar surface area (TPSA) is 69.4 Å². The van der Waals surface area contributed by atoms with Gasteiger partial charge in [-0.05, 0) is 12.1 Å². The van der Waals surface area contributed by atoms with Crippen molar-refractivity contribution in [2.45, 2.75) is 17.3 Å². The van der Waals surface area contributed by atoms with Crippen LogP contribution in [-0.4, -0.2) is 20.0 Å².